The van der Waals surface area contributed by atoms with Crippen molar-refractivity contribution in [3.63, 3.8) is 0 Å². The maximum absolute atomic E-state index is 2.31. The standard InChI is InChI=1S/C26H19N/c1-4-10-20(11-5-1)22-16-17-26-24(18-22)25(21-12-6-2-7-13-21)19-27(26)23-14-8-3-9-15-23/h1-19H. The van der Waals surface area contributed by atoms with Crippen molar-refractivity contribution in [1.82, 2.24) is 4.57 Å². The third-order valence-corrected chi connectivity index (χ3v) is 5.03. The largest absolute Gasteiger partial charge is 0.316 e. The first-order valence-corrected chi connectivity index (χ1v) is 9.21. The second-order valence-corrected chi connectivity index (χ2v) is 6.71. The van der Waals surface area contributed by atoms with E-state index in [4.69, 9.17) is 0 Å². The summed E-state index contributed by atoms with van der Waals surface area (Å²) < 4.78 is 2.28. The molecule has 0 aliphatic carbocycles. The van der Waals surface area contributed by atoms with E-state index in [1.165, 1.54) is 38.8 Å². The molecule has 4 aromatic carbocycles. The molecule has 0 fully saturated rings. The van der Waals surface area contributed by atoms with Crippen LogP contribution in [0.1, 0.15) is 0 Å². The normalized spacial score (nSPS) is 11.0. The minimum atomic E-state index is 1.18. The fourth-order valence-electron chi connectivity index (χ4n) is 3.69. The molecule has 128 valence electrons. The Labute approximate surface area is 159 Å². The van der Waals surface area contributed by atoms with E-state index in [0.717, 1.165) is 0 Å². The molecule has 0 radical (unpaired) electrons. The second kappa shape index (κ2) is 6.62. The lowest BCUT2D eigenvalue weighted by Crippen LogP contribution is -1.90. The van der Waals surface area contributed by atoms with Gasteiger partial charge < -0.3 is 4.57 Å². The van der Waals surface area contributed by atoms with Crippen LogP contribution < -0.4 is 0 Å². The summed E-state index contributed by atoms with van der Waals surface area (Å²) >= 11 is 0. The van der Waals surface area contributed by atoms with E-state index in [9.17, 15) is 0 Å². The van der Waals surface area contributed by atoms with Crippen molar-refractivity contribution in [2.75, 3.05) is 0 Å². The van der Waals surface area contributed by atoms with Crippen LogP contribution in [-0.4, -0.2) is 4.57 Å². The Kier molecular flexibility index (Phi) is 3.84. The molecule has 0 atom stereocenters. The molecule has 0 unspecified atom stereocenters. The van der Waals surface area contributed by atoms with E-state index in [0.29, 0.717) is 0 Å². The van der Waals surface area contributed by atoms with Crippen LogP contribution in [0.5, 0.6) is 0 Å². The number of para-hydroxylation sites is 1. The fraction of sp³-hybridized carbons (Fsp3) is 0. The van der Waals surface area contributed by atoms with E-state index in [1.807, 2.05) is 0 Å². The first kappa shape index (κ1) is 15.7. The lowest BCUT2D eigenvalue weighted by atomic mass is 10.00. The third-order valence-electron chi connectivity index (χ3n) is 5.03. The maximum Gasteiger partial charge on any atom is 0.0535 e. The van der Waals surface area contributed by atoms with Gasteiger partial charge in [0.05, 0.1) is 5.52 Å². The van der Waals surface area contributed by atoms with Crippen LogP contribution in [0.4, 0.5) is 0 Å². The minimum Gasteiger partial charge on any atom is -0.316 e. The highest BCUT2D eigenvalue weighted by atomic mass is 15.0. The van der Waals surface area contributed by atoms with Crippen molar-refractivity contribution in [3.05, 3.63) is 115 Å². The van der Waals surface area contributed by atoms with Gasteiger partial charge in [0, 0.05) is 22.8 Å². The Morgan fingerprint density at radius 3 is 1.74 bits per heavy atom. The molecule has 0 saturated carbocycles. The van der Waals surface area contributed by atoms with Gasteiger partial charge in [0.25, 0.3) is 0 Å². The van der Waals surface area contributed by atoms with Crippen LogP contribution in [-0.2, 0) is 0 Å². The molecule has 0 saturated heterocycles. The number of fused-ring (bicyclic) bond motifs is 1. The van der Waals surface area contributed by atoms with E-state index in [-0.39, 0.29) is 0 Å². The SMILES string of the molecule is c1ccc(-c2ccc3c(c2)c(-c2ccccc2)cn3-c2ccccc2)cc1. The van der Waals surface area contributed by atoms with Crippen LogP contribution in [0.15, 0.2) is 115 Å². The van der Waals surface area contributed by atoms with Gasteiger partial charge >= 0.3 is 0 Å². The Morgan fingerprint density at radius 1 is 0.481 bits per heavy atom. The van der Waals surface area contributed by atoms with Gasteiger partial charge in [-0.1, -0.05) is 84.9 Å². The van der Waals surface area contributed by atoms with Crippen LogP contribution in [0.2, 0.25) is 0 Å². The van der Waals surface area contributed by atoms with Crippen molar-refractivity contribution < 1.29 is 0 Å². The summed E-state index contributed by atoms with van der Waals surface area (Å²) in [5, 5.41) is 1.27. The van der Waals surface area contributed by atoms with E-state index >= 15 is 0 Å². The van der Waals surface area contributed by atoms with Crippen LogP contribution in [0.25, 0.3) is 38.8 Å². The highest BCUT2D eigenvalue weighted by Gasteiger charge is 2.12. The van der Waals surface area contributed by atoms with Crippen LogP contribution in [0.3, 0.4) is 0 Å². The van der Waals surface area contributed by atoms with Gasteiger partial charge in [-0.3, -0.25) is 0 Å². The van der Waals surface area contributed by atoms with Crippen molar-refractivity contribution in [2.45, 2.75) is 0 Å². The molecule has 1 heterocycles. The van der Waals surface area contributed by atoms with Gasteiger partial charge in [-0.25, -0.2) is 0 Å². The highest BCUT2D eigenvalue weighted by Crippen LogP contribution is 2.35. The van der Waals surface area contributed by atoms with Gasteiger partial charge in [-0.05, 0) is 41.0 Å². The third kappa shape index (κ3) is 2.84. The molecule has 1 heteroatoms. The number of hydrogen-bond donors (Lipinski definition) is 0. The van der Waals surface area contributed by atoms with Crippen molar-refractivity contribution in [2.24, 2.45) is 0 Å². The second-order valence-electron chi connectivity index (χ2n) is 6.71. The average molecular weight is 345 g/mol. The summed E-state index contributed by atoms with van der Waals surface area (Å²) in [6.45, 7) is 0. The Bertz CT molecular complexity index is 1190. The van der Waals surface area contributed by atoms with Gasteiger partial charge in [-0.2, -0.15) is 0 Å². The summed E-state index contributed by atoms with van der Waals surface area (Å²) in [4.78, 5) is 0. The summed E-state index contributed by atoms with van der Waals surface area (Å²) in [6, 6.07) is 38.5. The molecule has 5 aromatic rings. The van der Waals surface area contributed by atoms with E-state index in [2.05, 4.69) is 120 Å². The van der Waals surface area contributed by atoms with Crippen molar-refractivity contribution in [1.29, 1.82) is 0 Å². The number of aromatic nitrogens is 1. The lowest BCUT2D eigenvalue weighted by molar-refractivity contribution is 1.13. The highest BCUT2D eigenvalue weighted by molar-refractivity contribution is 5.99. The van der Waals surface area contributed by atoms with Gasteiger partial charge in [0.15, 0.2) is 0 Å². The molecule has 0 spiro atoms. The molecule has 0 amide bonds. The Balaban J connectivity index is 1.79. The van der Waals surface area contributed by atoms with Gasteiger partial charge in [0.1, 0.15) is 0 Å². The van der Waals surface area contributed by atoms with Crippen molar-refractivity contribution in [3.8, 4) is 27.9 Å². The fourth-order valence-corrected chi connectivity index (χ4v) is 3.69. The van der Waals surface area contributed by atoms with E-state index in [1.54, 1.807) is 0 Å². The molecular formula is C26H19N. The predicted molar refractivity (Wildman–Crippen MR) is 114 cm³/mol. The summed E-state index contributed by atoms with van der Waals surface area (Å²) in [7, 11) is 0. The Hall–Kier alpha value is -3.58. The smallest absolute Gasteiger partial charge is 0.0535 e. The number of benzene rings is 4. The zero-order valence-electron chi connectivity index (χ0n) is 14.9. The molecule has 1 aromatic heterocycles. The number of hydrogen-bond acceptors (Lipinski definition) is 0. The molecular weight excluding hydrogens is 326 g/mol. The monoisotopic (exact) mass is 345 g/mol. The Morgan fingerprint density at radius 2 is 1.07 bits per heavy atom. The molecule has 27 heavy (non-hydrogen) atoms. The lowest BCUT2D eigenvalue weighted by Gasteiger charge is -2.06. The summed E-state index contributed by atoms with van der Waals surface area (Å²) in [6.07, 6.45) is 2.25. The molecule has 1 nitrogen and oxygen atoms in total. The first-order chi connectivity index (χ1) is 13.4. The predicted octanol–water partition coefficient (Wildman–Crippen LogP) is 6.96. The zero-order chi connectivity index (χ0) is 18.1. The minimum absolute atomic E-state index is 1.18. The zero-order valence-corrected chi connectivity index (χ0v) is 14.9. The molecule has 0 N–H and O–H groups in total. The molecule has 0 aliphatic heterocycles. The molecule has 0 bridgehead atoms. The van der Waals surface area contributed by atoms with Gasteiger partial charge in [-0.15, -0.1) is 0 Å². The van der Waals surface area contributed by atoms with Crippen molar-refractivity contribution >= 4 is 10.9 Å². The first-order valence-electron chi connectivity index (χ1n) is 9.21. The maximum atomic E-state index is 2.31. The van der Waals surface area contributed by atoms with Crippen LogP contribution >= 0.6 is 0 Å². The average Bonchev–Trinajstić information content (AvgIpc) is 3.14. The van der Waals surface area contributed by atoms with Crippen LogP contribution in [0, 0.1) is 0 Å². The molecule has 0 aliphatic rings. The van der Waals surface area contributed by atoms with Gasteiger partial charge in [0.2, 0.25) is 0 Å². The van der Waals surface area contributed by atoms with E-state index < -0.39 is 0 Å². The number of nitrogens with zero attached hydrogens (tertiary/aromatic N) is 1. The number of rotatable bonds is 3. The summed E-state index contributed by atoms with van der Waals surface area (Å²) in [5.74, 6) is 0. The topological polar surface area (TPSA) is 4.93 Å². The summed E-state index contributed by atoms with van der Waals surface area (Å²) in [5.41, 5.74) is 7.38. The quantitative estimate of drug-likeness (QED) is 0.333. The molecule has 5 rings (SSSR count).